The average Bonchev–Trinajstić information content (AvgIpc) is 2.69. The summed E-state index contributed by atoms with van der Waals surface area (Å²) >= 11 is 1.82. The van der Waals surface area contributed by atoms with E-state index >= 15 is 0 Å². The molecule has 0 spiro atoms. The average molecular weight is 232 g/mol. The van der Waals surface area contributed by atoms with Gasteiger partial charge in [0.2, 0.25) is 0 Å². The number of ether oxygens (including phenoxy) is 1. The fraction of sp³-hybridized carbons (Fsp3) is 0.286. The van der Waals surface area contributed by atoms with Crippen molar-refractivity contribution in [2.24, 2.45) is 0 Å². The lowest BCUT2D eigenvalue weighted by atomic mass is 10.3. The summed E-state index contributed by atoms with van der Waals surface area (Å²) < 4.78 is 5.22. The van der Waals surface area contributed by atoms with Gasteiger partial charge in [-0.1, -0.05) is 12.2 Å². The Kier molecular flexibility index (Phi) is 5.45. The van der Waals surface area contributed by atoms with Gasteiger partial charge in [0.1, 0.15) is 0 Å². The summed E-state index contributed by atoms with van der Waals surface area (Å²) in [6.45, 7) is 4.64. The quantitative estimate of drug-likeness (QED) is 0.427. The Bertz CT molecular complexity index is 418. The van der Waals surface area contributed by atoms with Crippen molar-refractivity contribution in [2.45, 2.75) is 20.3 Å². The molecular weight excluding hydrogens is 216 g/mol. The van der Waals surface area contributed by atoms with Crippen LogP contribution in [-0.4, -0.2) is 6.61 Å². The third kappa shape index (κ3) is 4.37. The van der Waals surface area contributed by atoms with Gasteiger partial charge in [0.25, 0.3) is 0 Å². The topological polar surface area (TPSA) is 9.23 Å². The molecule has 16 heavy (non-hydrogen) atoms. The molecule has 0 fully saturated rings. The molecular formula is C14H16OS. The monoisotopic (exact) mass is 232 g/mol. The molecule has 0 atom stereocenters. The highest BCUT2D eigenvalue weighted by Gasteiger charge is 1.92. The van der Waals surface area contributed by atoms with E-state index in [1.165, 1.54) is 9.75 Å². The summed E-state index contributed by atoms with van der Waals surface area (Å²) in [7, 11) is 0. The predicted molar refractivity (Wildman–Crippen MR) is 70.4 cm³/mol. The van der Waals surface area contributed by atoms with Gasteiger partial charge in [-0.2, -0.15) is 0 Å². The first kappa shape index (κ1) is 12.6. The molecule has 1 nitrogen and oxygen atoms in total. The summed E-state index contributed by atoms with van der Waals surface area (Å²) in [5, 5.41) is 0. The van der Waals surface area contributed by atoms with Crippen LogP contribution in [0.25, 0.3) is 0 Å². The van der Waals surface area contributed by atoms with Crippen molar-refractivity contribution in [3.8, 4) is 12.3 Å². The lowest BCUT2D eigenvalue weighted by Crippen LogP contribution is -1.86. The van der Waals surface area contributed by atoms with Crippen LogP contribution in [0.5, 0.6) is 0 Å². The molecule has 0 aliphatic carbocycles. The molecule has 1 rings (SSSR count). The molecule has 0 aromatic carbocycles. The molecule has 0 aliphatic heterocycles. The van der Waals surface area contributed by atoms with E-state index in [1.54, 1.807) is 0 Å². The molecule has 2 heteroatoms. The first-order valence-electron chi connectivity index (χ1n) is 5.27. The van der Waals surface area contributed by atoms with Crippen molar-refractivity contribution in [1.29, 1.82) is 0 Å². The van der Waals surface area contributed by atoms with Gasteiger partial charge in [0.15, 0.2) is 5.76 Å². The summed E-state index contributed by atoms with van der Waals surface area (Å²) in [5.74, 6) is 3.08. The van der Waals surface area contributed by atoms with Crippen molar-refractivity contribution in [2.75, 3.05) is 6.61 Å². The summed E-state index contributed by atoms with van der Waals surface area (Å²) in [4.78, 5) is 2.71. The minimum Gasteiger partial charge on any atom is -0.486 e. The van der Waals surface area contributed by atoms with Crippen LogP contribution in [0.2, 0.25) is 0 Å². The van der Waals surface area contributed by atoms with Crippen LogP contribution in [0.15, 0.2) is 36.1 Å². The van der Waals surface area contributed by atoms with Gasteiger partial charge in [-0.05, 0) is 38.0 Å². The molecule has 84 valence electrons. The van der Waals surface area contributed by atoms with Gasteiger partial charge < -0.3 is 4.74 Å². The number of terminal acetylenes is 1. The van der Waals surface area contributed by atoms with Crippen molar-refractivity contribution >= 4 is 11.3 Å². The highest BCUT2D eigenvalue weighted by molar-refractivity contribution is 7.11. The van der Waals surface area contributed by atoms with Crippen molar-refractivity contribution in [3.05, 3.63) is 45.9 Å². The van der Waals surface area contributed by atoms with E-state index in [-0.39, 0.29) is 0 Å². The molecule has 0 unspecified atom stereocenters. The zero-order chi connectivity index (χ0) is 11.8. The molecule has 0 bridgehead atoms. The van der Waals surface area contributed by atoms with Crippen LogP contribution in [-0.2, 0) is 11.2 Å². The van der Waals surface area contributed by atoms with E-state index in [9.17, 15) is 0 Å². The summed E-state index contributed by atoms with van der Waals surface area (Å²) in [6.07, 6.45) is 12.1. The van der Waals surface area contributed by atoms with E-state index in [2.05, 4.69) is 31.1 Å². The molecule has 0 aliphatic rings. The number of rotatable bonds is 5. The van der Waals surface area contributed by atoms with Crippen molar-refractivity contribution in [1.82, 2.24) is 0 Å². The highest BCUT2D eigenvalue weighted by atomic mass is 32.1. The van der Waals surface area contributed by atoms with Crippen LogP contribution in [0.3, 0.4) is 0 Å². The second kappa shape index (κ2) is 6.92. The molecule has 0 saturated carbocycles. The SMILES string of the molecule is C#C/C(=C\C=C/Cc1ccc(C)s1)OCC. The maximum absolute atomic E-state index is 5.28. The van der Waals surface area contributed by atoms with E-state index in [0.29, 0.717) is 12.4 Å². The van der Waals surface area contributed by atoms with Gasteiger partial charge in [-0.3, -0.25) is 0 Å². The van der Waals surface area contributed by atoms with E-state index in [0.717, 1.165) is 6.42 Å². The van der Waals surface area contributed by atoms with Gasteiger partial charge in [-0.15, -0.1) is 17.8 Å². The predicted octanol–water partition coefficient (Wildman–Crippen LogP) is 3.71. The fourth-order valence-corrected chi connectivity index (χ4v) is 2.09. The summed E-state index contributed by atoms with van der Waals surface area (Å²) in [6, 6.07) is 4.29. The Morgan fingerprint density at radius 3 is 2.94 bits per heavy atom. The summed E-state index contributed by atoms with van der Waals surface area (Å²) in [5.41, 5.74) is 0. The Morgan fingerprint density at radius 1 is 1.56 bits per heavy atom. The normalized spacial score (nSPS) is 11.7. The molecule has 0 amide bonds. The van der Waals surface area contributed by atoms with E-state index in [4.69, 9.17) is 11.2 Å². The maximum atomic E-state index is 5.28. The smallest absolute Gasteiger partial charge is 0.169 e. The van der Waals surface area contributed by atoms with E-state index < -0.39 is 0 Å². The standard InChI is InChI=1S/C14H16OS/c1-4-13(15-5-2)8-6-7-9-14-11-10-12(3)16-14/h1,6-8,10-11H,5,9H2,2-3H3/b7-6-,13-8+. The van der Waals surface area contributed by atoms with Gasteiger partial charge in [0, 0.05) is 16.2 Å². The minimum absolute atomic E-state index is 0.584. The Labute approximate surface area is 101 Å². The lowest BCUT2D eigenvalue weighted by molar-refractivity contribution is 0.246. The zero-order valence-electron chi connectivity index (χ0n) is 9.69. The van der Waals surface area contributed by atoms with E-state index in [1.807, 2.05) is 30.4 Å². The van der Waals surface area contributed by atoms with Crippen LogP contribution < -0.4 is 0 Å². The maximum Gasteiger partial charge on any atom is 0.169 e. The Balaban J connectivity index is 2.46. The first-order valence-corrected chi connectivity index (χ1v) is 6.09. The van der Waals surface area contributed by atoms with Crippen LogP contribution in [0, 0.1) is 19.3 Å². The van der Waals surface area contributed by atoms with Crippen LogP contribution in [0.4, 0.5) is 0 Å². The number of hydrogen-bond donors (Lipinski definition) is 0. The number of allylic oxidation sites excluding steroid dienone is 4. The molecule has 1 heterocycles. The van der Waals surface area contributed by atoms with Gasteiger partial charge in [0.05, 0.1) is 6.61 Å². The van der Waals surface area contributed by atoms with Gasteiger partial charge >= 0.3 is 0 Å². The second-order valence-electron chi connectivity index (χ2n) is 3.25. The second-order valence-corrected chi connectivity index (χ2v) is 4.63. The molecule has 1 aromatic rings. The molecule has 0 N–H and O–H groups in total. The largest absolute Gasteiger partial charge is 0.486 e. The van der Waals surface area contributed by atoms with Crippen LogP contribution in [0.1, 0.15) is 16.7 Å². The lowest BCUT2D eigenvalue weighted by Gasteiger charge is -1.98. The zero-order valence-corrected chi connectivity index (χ0v) is 10.5. The molecule has 0 radical (unpaired) electrons. The Morgan fingerprint density at radius 2 is 2.38 bits per heavy atom. The number of aryl methyl sites for hydroxylation is 1. The third-order valence-electron chi connectivity index (χ3n) is 1.94. The number of thiophene rings is 1. The minimum atomic E-state index is 0.584. The van der Waals surface area contributed by atoms with Crippen LogP contribution >= 0.6 is 11.3 Å². The van der Waals surface area contributed by atoms with Crippen molar-refractivity contribution < 1.29 is 4.74 Å². The molecule has 1 aromatic heterocycles. The van der Waals surface area contributed by atoms with Gasteiger partial charge in [-0.25, -0.2) is 0 Å². The highest BCUT2D eigenvalue weighted by Crippen LogP contribution is 2.15. The van der Waals surface area contributed by atoms with Crippen molar-refractivity contribution in [3.63, 3.8) is 0 Å². The first-order chi connectivity index (χ1) is 7.76. The number of hydrogen-bond acceptors (Lipinski definition) is 2. The fourth-order valence-electron chi connectivity index (χ4n) is 1.23. The Hall–Kier alpha value is -1.46. The third-order valence-corrected chi connectivity index (χ3v) is 2.96. The molecule has 0 saturated heterocycles.